The molecule has 0 spiro atoms. The highest BCUT2D eigenvalue weighted by molar-refractivity contribution is 5.97. The van der Waals surface area contributed by atoms with Gasteiger partial charge in [-0.05, 0) is 43.9 Å². The normalized spacial score (nSPS) is 14.8. The summed E-state index contributed by atoms with van der Waals surface area (Å²) < 4.78 is 0. The number of carbonyl (C=O) groups is 2. The lowest BCUT2D eigenvalue weighted by Gasteiger charge is -2.26. The molecule has 1 saturated heterocycles. The number of nitrogens with one attached hydrogen (secondary N) is 1. The lowest BCUT2D eigenvalue weighted by atomic mass is 10.0. The maximum absolute atomic E-state index is 12.2. The zero-order valence-electron chi connectivity index (χ0n) is 12.3. The van der Waals surface area contributed by atoms with E-state index in [1.807, 2.05) is 23.1 Å². The van der Waals surface area contributed by atoms with E-state index in [1.54, 1.807) is 6.07 Å². The minimum absolute atomic E-state index is 0.000596. The summed E-state index contributed by atoms with van der Waals surface area (Å²) >= 11 is 0. The van der Waals surface area contributed by atoms with Crippen LogP contribution in [0.1, 0.15) is 35.2 Å². The number of hydrogen-bond acceptors (Lipinski definition) is 3. The maximum Gasteiger partial charge on any atom is 0.251 e. The molecule has 1 heterocycles. The van der Waals surface area contributed by atoms with Gasteiger partial charge in [0.2, 0.25) is 5.91 Å². The molecule has 1 fully saturated rings. The Morgan fingerprint density at radius 2 is 1.86 bits per heavy atom. The maximum atomic E-state index is 12.2. The van der Waals surface area contributed by atoms with E-state index < -0.39 is 0 Å². The molecule has 114 valence electrons. The van der Waals surface area contributed by atoms with Crippen molar-refractivity contribution in [3.05, 3.63) is 35.4 Å². The van der Waals surface area contributed by atoms with Gasteiger partial charge in [-0.15, -0.1) is 0 Å². The van der Waals surface area contributed by atoms with Gasteiger partial charge >= 0.3 is 0 Å². The third kappa shape index (κ3) is 4.29. The van der Waals surface area contributed by atoms with Gasteiger partial charge in [0.25, 0.3) is 5.91 Å². The molecule has 1 aromatic carbocycles. The summed E-state index contributed by atoms with van der Waals surface area (Å²) in [5.74, 6) is -0.205. The van der Waals surface area contributed by atoms with Crippen LogP contribution in [0.3, 0.4) is 0 Å². The Bertz CT molecular complexity index is 496. The Morgan fingerprint density at radius 3 is 2.57 bits per heavy atom. The van der Waals surface area contributed by atoms with E-state index in [0.717, 1.165) is 31.5 Å². The molecule has 0 atom stereocenters. The molecule has 5 heteroatoms. The average Bonchev–Trinajstić information content (AvgIpc) is 2.54. The van der Waals surface area contributed by atoms with Crippen LogP contribution in [-0.4, -0.2) is 42.9 Å². The first-order valence-corrected chi connectivity index (χ1v) is 7.56. The summed E-state index contributed by atoms with van der Waals surface area (Å²) in [6.45, 7) is 2.17. The third-order valence-electron chi connectivity index (χ3n) is 3.78. The molecule has 0 radical (unpaired) electrons. The van der Waals surface area contributed by atoms with Crippen molar-refractivity contribution < 1.29 is 9.59 Å². The van der Waals surface area contributed by atoms with Crippen molar-refractivity contribution in [2.45, 2.75) is 25.7 Å². The molecule has 1 aliphatic heterocycles. The standard InChI is InChI=1S/C16H23N3O2/c17-9-8-13-6-2-3-7-14(13)16(21)18-12-15(20)19-10-4-1-5-11-19/h2-3,6-7H,1,4-5,8-12,17H2,(H,18,21). The predicted molar refractivity (Wildman–Crippen MR) is 82.0 cm³/mol. The summed E-state index contributed by atoms with van der Waals surface area (Å²) in [6.07, 6.45) is 3.95. The van der Waals surface area contributed by atoms with Crippen molar-refractivity contribution in [3.63, 3.8) is 0 Å². The van der Waals surface area contributed by atoms with Gasteiger partial charge in [0.05, 0.1) is 6.54 Å². The summed E-state index contributed by atoms with van der Waals surface area (Å²) in [6, 6.07) is 7.38. The first-order valence-electron chi connectivity index (χ1n) is 7.56. The molecule has 2 rings (SSSR count). The number of nitrogens with zero attached hydrogens (tertiary/aromatic N) is 1. The fourth-order valence-corrected chi connectivity index (χ4v) is 2.62. The summed E-state index contributed by atoms with van der Waals surface area (Å²) in [5.41, 5.74) is 7.08. The molecule has 21 heavy (non-hydrogen) atoms. The zero-order valence-corrected chi connectivity index (χ0v) is 12.3. The van der Waals surface area contributed by atoms with E-state index in [0.29, 0.717) is 18.5 Å². The molecule has 0 saturated carbocycles. The summed E-state index contributed by atoms with van der Waals surface area (Å²) in [7, 11) is 0. The first-order chi connectivity index (χ1) is 10.2. The van der Waals surface area contributed by atoms with Crippen LogP contribution in [0, 0.1) is 0 Å². The fourth-order valence-electron chi connectivity index (χ4n) is 2.62. The number of piperidine rings is 1. The lowest BCUT2D eigenvalue weighted by molar-refractivity contribution is -0.130. The van der Waals surface area contributed by atoms with Gasteiger partial charge < -0.3 is 16.0 Å². The van der Waals surface area contributed by atoms with Crippen molar-refractivity contribution in [3.8, 4) is 0 Å². The molecule has 0 aliphatic carbocycles. The number of likely N-dealkylation sites (tertiary alicyclic amines) is 1. The molecule has 5 nitrogen and oxygen atoms in total. The number of carbonyl (C=O) groups excluding carboxylic acids is 2. The second-order valence-electron chi connectivity index (χ2n) is 5.32. The molecular weight excluding hydrogens is 266 g/mol. The molecular formula is C16H23N3O2. The molecule has 1 aromatic rings. The smallest absolute Gasteiger partial charge is 0.251 e. The van der Waals surface area contributed by atoms with Crippen LogP contribution < -0.4 is 11.1 Å². The number of nitrogens with two attached hydrogens (primary N) is 1. The molecule has 0 unspecified atom stereocenters. The van der Waals surface area contributed by atoms with Gasteiger partial charge in [0.1, 0.15) is 0 Å². The van der Waals surface area contributed by atoms with Crippen LogP contribution in [0.25, 0.3) is 0 Å². The average molecular weight is 289 g/mol. The number of hydrogen-bond donors (Lipinski definition) is 2. The predicted octanol–water partition coefficient (Wildman–Crippen LogP) is 0.930. The van der Waals surface area contributed by atoms with Crippen LogP contribution in [0.2, 0.25) is 0 Å². The number of rotatable bonds is 5. The molecule has 0 aromatic heterocycles. The monoisotopic (exact) mass is 289 g/mol. The van der Waals surface area contributed by atoms with Crippen LogP contribution in [0.5, 0.6) is 0 Å². The van der Waals surface area contributed by atoms with Gasteiger partial charge in [-0.1, -0.05) is 18.2 Å². The lowest BCUT2D eigenvalue weighted by Crippen LogP contribution is -2.42. The zero-order chi connectivity index (χ0) is 15.1. The van der Waals surface area contributed by atoms with Gasteiger partial charge in [-0.2, -0.15) is 0 Å². The van der Waals surface area contributed by atoms with E-state index in [1.165, 1.54) is 6.42 Å². The number of amides is 2. The highest BCUT2D eigenvalue weighted by Crippen LogP contribution is 2.10. The van der Waals surface area contributed by atoms with E-state index in [4.69, 9.17) is 5.73 Å². The van der Waals surface area contributed by atoms with Crippen LogP contribution in [-0.2, 0) is 11.2 Å². The van der Waals surface area contributed by atoms with Crippen molar-refractivity contribution in [1.82, 2.24) is 10.2 Å². The van der Waals surface area contributed by atoms with Crippen molar-refractivity contribution in [1.29, 1.82) is 0 Å². The summed E-state index contributed by atoms with van der Waals surface area (Å²) in [5, 5.41) is 2.72. The molecule has 1 aliphatic rings. The minimum Gasteiger partial charge on any atom is -0.343 e. The van der Waals surface area contributed by atoms with Crippen LogP contribution >= 0.6 is 0 Å². The van der Waals surface area contributed by atoms with E-state index >= 15 is 0 Å². The Morgan fingerprint density at radius 1 is 1.14 bits per heavy atom. The van der Waals surface area contributed by atoms with Gasteiger partial charge in [-0.3, -0.25) is 9.59 Å². The topological polar surface area (TPSA) is 75.4 Å². The van der Waals surface area contributed by atoms with Crippen molar-refractivity contribution in [2.24, 2.45) is 5.73 Å². The number of benzene rings is 1. The van der Waals surface area contributed by atoms with Crippen molar-refractivity contribution >= 4 is 11.8 Å². The first kappa shape index (κ1) is 15.5. The van der Waals surface area contributed by atoms with Crippen LogP contribution in [0.4, 0.5) is 0 Å². The Balaban J connectivity index is 1.90. The van der Waals surface area contributed by atoms with Crippen molar-refractivity contribution in [2.75, 3.05) is 26.2 Å². The van der Waals surface area contributed by atoms with Gasteiger partial charge in [0.15, 0.2) is 0 Å². The Labute approximate surface area is 125 Å². The molecule has 3 N–H and O–H groups in total. The quantitative estimate of drug-likeness (QED) is 0.846. The SMILES string of the molecule is NCCc1ccccc1C(=O)NCC(=O)N1CCCCC1. The Hall–Kier alpha value is -1.88. The highest BCUT2D eigenvalue weighted by Gasteiger charge is 2.18. The van der Waals surface area contributed by atoms with E-state index in [9.17, 15) is 9.59 Å². The molecule has 2 amide bonds. The van der Waals surface area contributed by atoms with Crippen LogP contribution in [0.15, 0.2) is 24.3 Å². The highest BCUT2D eigenvalue weighted by atomic mass is 16.2. The summed E-state index contributed by atoms with van der Waals surface area (Å²) in [4.78, 5) is 26.1. The minimum atomic E-state index is -0.204. The Kier molecular flexibility index (Phi) is 5.75. The van der Waals surface area contributed by atoms with Gasteiger partial charge in [-0.25, -0.2) is 0 Å². The molecule has 0 bridgehead atoms. The van der Waals surface area contributed by atoms with E-state index in [-0.39, 0.29) is 18.4 Å². The van der Waals surface area contributed by atoms with E-state index in [2.05, 4.69) is 5.32 Å². The third-order valence-corrected chi connectivity index (χ3v) is 3.78. The largest absolute Gasteiger partial charge is 0.343 e. The fraction of sp³-hybridized carbons (Fsp3) is 0.500. The second kappa shape index (κ2) is 7.78. The van der Waals surface area contributed by atoms with Gasteiger partial charge in [0, 0.05) is 18.7 Å². The second-order valence-corrected chi connectivity index (χ2v) is 5.32.